The van der Waals surface area contributed by atoms with E-state index in [0.717, 1.165) is 31.0 Å². The minimum absolute atomic E-state index is 0.285. The molecule has 0 aliphatic carbocycles. The van der Waals surface area contributed by atoms with E-state index >= 15 is 0 Å². The van der Waals surface area contributed by atoms with Gasteiger partial charge in [-0.25, -0.2) is 4.98 Å². The number of pyridine rings is 1. The summed E-state index contributed by atoms with van der Waals surface area (Å²) in [6.07, 6.45) is 2.55. The minimum atomic E-state index is 0.285. The van der Waals surface area contributed by atoms with Gasteiger partial charge in [0.05, 0.1) is 25.0 Å². The fraction of sp³-hybridized carbons (Fsp3) is 0.583. The highest BCUT2D eigenvalue weighted by Gasteiger charge is 2.15. The number of nitrogens with zero attached hydrogens (tertiary/aromatic N) is 1. The summed E-state index contributed by atoms with van der Waals surface area (Å²) >= 11 is 0. The van der Waals surface area contributed by atoms with Gasteiger partial charge in [0.2, 0.25) is 0 Å². The first kappa shape index (κ1) is 11.4. The van der Waals surface area contributed by atoms with Gasteiger partial charge in [-0.15, -0.1) is 0 Å². The fourth-order valence-electron chi connectivity index (χ4n) is 1.77. The van der Waals surface area contributed by atoms with Crippen molar-refractivity contribution in [3.63, 3.8) is 0 Å². The number of hydrogen-bond acceptors (Lipinski definition) is 4. The molecule has 88 valence electrons. The second-order valence-corrected chi connectivity index (χ2v) is 3.91. The van der Waals surface area contributed by atoms with Crippen molar-refractivity contribution in [1.29, 1.82) is 0 Å². The number of hydrogen-bond donors (Lipinski definition) is 1. The molecule has 1 fully saturated rings. The Balaban J connectivity index is 1.75. The quantitative estimate of drug-likeness (QED) is 0.825. The van der Waals surface area contributed by atoms with Gasteiger partial charge in [-0.2, -0.15) is 0 Å². The molecule has 0 spiro atoms. The average molecular weight is 222 g/mol. The molecule has 2 rings (SSSR count). The van der Waals surface area contributed by atoms with Gasteiger partial charge >= 0.3 is 0 Å². The third-order valence-corrected chi connectivity index (χ3v) is 2.64. The van der Waals surface area contributed by atoms with Crippen molar-refractivity contribution in [2.75, 3.05) is 25.6 Å². The van der Waals surface area contributed by atoms with Gasteiger partial charge in [0.1, 0.15) is 5.82 Å². The van der Waals surface area contributed by atoms with Gasteiger partial charge in [0.25, 0.3) is 0 Å². The molecule has 4 heteroatoms. The lowest BCUT2D eigenvalue weighted by Crippen LogP contribution is -2.14. The number of anilines is 1. The van der Waals surface area contributed by atoms with E-state index in [4.69, 9.17) is 9.47 Å². The van der Waals surface area contributed by atoms with Crippen LogP contribution in [0.5, 0.6) is 0 Å². The van der Waals surface area contributed by atoms with E-state index < -0.39 is 0 Å². The molecule has 1 aromatic heterocycles. The Morgan fingerprint density at radius 2 is 2.50 bits per heavy atom. The van der Waals surface area contributed by atoms with Gasteiger partial charge in [-0.1, -0.05) is 6.07 Å². The molecule has 1 N–H and O–H groups in total. The van der Waals surface area contributed by atoms with Crippen LogP contribution in [0, 0.1) is 0 Å². The zero-order valence-corrected chi connectivity index (χ0v) is 9.61. The molecule has 2 heterocycles. The van der Waals surface area contributed by atoms with Crippen molar-refractivity contribution >= 4 is 5.82 Å². The van der Waals surface area contributed by atoms with Crippen LogP contribution < -0.4 is 5.32 Å². The Morgan fingerprint density at radius 1 is 1.56 bits per heavy atom. The summed E-state index contributed by atoms with van der Waals surface area (Å²) in [5.74, 6) is 0.873. The standard InChI is InChI=1S/C12H18N2O2/c1-13-12-6-2-4-10(14-12)8-15-9-11-5-3-7-16-11/h2,4,6,11H,3,5,7-9H2,1H3,(H,13,14). The molecule has 1 unspecified atom stereocenters. The molecule has 0 amide bonds. The summed E-state index contributed by atoms with van der Waals surface area (Å²) in [6, 6.07) is 5.88. The molecule has 0 saturated carbocycles. The van der Waals surface area contributed by atoms with Gasteiger partial charge < -0.3 is 14.8 Å². The van der Waals surface area contributed by atoms with Crippen LogP contribution in [0.2, 0.25) is 0 Å². The summed E-state index contributed by atoms with van der Waals surface area (Å²) in [7, 11) is 1.86. The van der Waals surface area contributed by atoms with Crippen LogP contribution in [0.15, 0.2) is 18.2 Å². The van der Waals surface area contributed by atoms with Crippen LogP contribution >= 0.6 is 0 Å². The lowest BCUT2D eigenvalue weighted by Gasteiger charge is -2.10. The van der Waals surface area contributed by atoms with E-state index in [1.807, 2.05) is 25.2 Å². The Labute approximate surface area is 96.0 Å². The number of aromatic nitrogens is 1. The predicted molar refractivity (Wildman–Crippen MR) is 62.4 cm³/mol. The SMILES string of the molecule is CNc1cccc(COCC2CCCO2)n1. The topological polar surface area (TPSA) is 43.4 Å². The second-order valence-electron chi connectivity index (χ2n) is 3.91. The van der Waals surface area contributed by atoms with Crippen LogP contribution in [0.3, 0.4) is 0 Å². The van der Waals surface area contributed by atoms with Crippen LogP contribution in [-0.2, 0) is 16.1 Å². The third kappa shape index (κ3) is 3.18. The summed E-state index contributed by atoms with van der Waals surface area (Å²) in [5, 5.41) is 3.01. The Morgan fingerprint density at radius 3 is 3.25 bits per heavy atom. The smallest absolute Gasteiger partial charge is 0.126 e. The summed E-state index contributed by atoms with van der Waals surface area (Å²) < 4.78 is 11.1. The lowest BCUT2D eigenvalue weighted by molar-refractivity contribution is 0.00968. The number of nitrogens with one attached hydrogen (secondary N) is 1. The first-order valence-corrected chi connectivity index (χ1v) is 5.71. The number of ether oxygens (including phenoxy) is 2. The van der Waals surface area contributed by atoms with Crippen molar-refractivity contribution in [3.05, 3.63) is 23.9 Å². The number of rotatable bonds is 5. The normalized spacial score (nSPS) is 19.9. The molecular formula is C12H18N2O2. The van der Waals surface area contributed by atoms with Crippen molar-refractivity contribution in [2.45, 2.75) is 25.6 Å². The molecule has 1 aliphatic heterocycles. The van der Waals surface area contributed by atoms with Crippen LogP contribution in [0.4, 0.5) is 5.82 Å². The van der Waals surface area contributed by atoms with E-state index in [1.54, 1.807) is 0 Å². The second kappa shape index (κ2) is 5.82. The van der Waals surface area contributed by atoms with Gasteiger partial charge in [-0.3, -0.25) is 0 Å². The summed E-state index contributed by atoms with van der Waals surface area (Å²) in [5.41, 5.74) is 0.949. The highest BCUT2D eigenvalue weighted by atomic mass is 16.5. The molecule has 1 saturated heterocycles. The maximum atomic E-state index is 5.59. The zero-order chi connectivity index (χ0) is 11.2. The average Bonchev–Trinajstić information content (AvgIpc) is 2.82. The molecule has 1 aromatic rings. The van der Waals surface area contributed by atoms with E-state index in [2.05, 4.69) is 10.3 Å². The first-order valence-electron chi connectivity index (χ1n) is 5.71. The van der Waals surface area contributed by atoms with Gasteiger partial charge in [0.15, 0.2) is 0 Å². The highest BCUT2D eigenvalue weighted by molar-refractivity contribution is 5.33. The monoisotopic (exact) mass is 222 g/mol. The Hall–Kier alpha value is -1.13. The molecule has 16 heavy (non-hydrogen) atoms. The van der Waals surface area contributed by atoms with Crippen LogP contribution in [0.1, 0.15) is 18.5 Å². The molecule has 4 nitrogen and oxygen atoms in total. The Bertz CT molecular complexity index is 325. The van der Waals surface area contributed by atoms with E-state index in [9.17, 15) is 0 Å². The molecular weight excluding hydrogens is 204 g/mol. The lowest BCUT2D eigenvalue weighted by atomic mass is 10.2. The maximum Gasteiger partial charge on any atom is 0.126 e. The summed E-state index contributed by atoms with van der Waals surface area (Å²) in [4.78, 5) is 4.38. The zero-order valence-electron chi connectivity index (χ0n) is 9.61. The molecule has 1 atom stereocenters. The molecule has 0 radical (unpaired) electrons. The van der Waals surface area contributed by atoms with Gasteiger partial charge in [0, 0.05) is 13.7 Å². The fourth-order valence-corrected chi connectivity index (χ4v) is 1.77. The highest BCUT2D eigenvalue weighted by Crippen LogP contribution is 2.13. The van der Waals surface area contributed by atoms with Crippen molar-refractivity contribution in [2.24, 2.45) is 0 Å². The predicted octanol–water partition coefficient (Wildman–Crippen LogP) is 1.82. The largest absolute Gasteiger partial charge is 0.376 e. The van der Waals surface area contributed by atoms with Crippen molar-refractivity contribution in [1.82, 2.24) is 4.98 Å². The molecule has 1 aliphatic rings. The van der Waals surface area contributed by atoms with Gasteiger partial charge in [-0.05, 0) is 25.0 Å². The minimum Gasteiger partial charge on any atom is -0.376 e. The molecule has 0 bridgehead atoms. The summed E-state index contributed by atoms with van der Waals surface area (Å²) in [6.45, 7) is 2.10. The van der Waals surface area contributed by atoms with Crippen molar-refractivity contribution < 1.29 is 9.47 Å². The van der Waals surface area contributed by atoms with Crippen LogP contribution in [0.25, 0.3) is 0 Å². The Kier molecular flexibility index (Phi) is 4.13. The third-order valence-electron chi connectivity index (χ3n) is 2.64. The van der Waals surface area contributed by atoms with E-state index in [1.165, 1.54) is 0 Å². The molecule has 0 aromatic carbocycles. The van der Waals surface area contributed by atoms with E-state index in [-0.39, 0.29) is 6.10 Å². The van der Waals surface area contributed by atoms with Crippen LogP contribution in [-0.4, -0.2) is 31.3 Å². The van der Waals surface area contributed by atoms with E-state index in [0.29, 0.717) is 13.2 Å². The maximum absolute atomic E-state index is 5.59. The first-order chi connectivity index (χ1) is 7.88. The van der Waals surface area contributed by atoms with Crippen molar-refractivity contribution in [3.8, 4) is 0 Å².